The smallest absolute Gasteiger partial charge is 0.240 e. The number of carbonyl (C=O) groups is 1. The summed E-state index contributed by atoms with van der Waals surface area (Å²) >= 11 is 0. The highest BCUT2D eigenvalue weighted by atomic mass is 16.5. The first-order chi connectivity index (χ1) is 12.3. The van der Waals surface area contributed by atoms with Gasteiger partial charge in [-0.3, -0.25) is 9.69 Å². The first kappa shape index (κ1) is 18.2. The number of nitrogens with one attached hydrogen (secondary N) is 1. The number of nitrogens with zero attached hydrogens (tertiary/aromatic N) is 1. The molecule has 1 saturated heterocycles. The number of para-hydroxylation sites is 1. The summed E-state index contributed by atoms with van der Waals surface area (Å²) in [6, 6.07) is 8.21. The van der Waals surface area contributed by atoms with Crippen molar-refractivity contribution in [2.45, 2.75) is 63.8 Å². The van der Waals surface area contributed by atoms with Crippen molar-refractivity contribution in [1.82, 2.24) is 10.2 Å². The van der Waals surface area contributed by atoms with Crippen LogP contribution in [0.1, 0.15) is 57.4 Å². The number of carbonyl (C=O) groups excluding carboxylic acids is 1. The fraction of sp³-hybridized carbons (Fsp3) is 0.667. The number of rotatable bonds is 8. The van der Waals surface area contributed by atoms with Gasteiger partial charge in [-0.2, -0.15) is 0 Å². The van der Waals surface area contributed by atoms with Gasteiger partial charge in [0.2, 0.25) is 5.91 Å². The maximum absolute atomic E-state index is 13.0. The molecule has 0 aromatic heterocycles. The van der Waals surface area contributed by atoms with Gasteiger partial charge in [-0.15, -0.1) is 0 Å². The van der Waals surface area contributed by atoms with E-state index in [4.69, 9.17) is 4.74 Å². The second kappa shape index (κ2) is 8.70. The molecule has 3 rings (SSSR count). The van der Waals surface area contributed by atoms with E-state index in [1.165, 1.54) is 31.2 Å². The Morgan fingerprint density at radius 1 is 1.16 bits per heavy atom. The number of ether oxygens (including phenoxy) is 1. The van der Waals surface area contributed by atoms with Crippen molar-refractivity contribution in [3.05, 3.63) is 29.8 Å². The molecule has 0 bridgehead atoms. The molecular weight excluding hydrogens is 312 g/mol. The minimum absolute atomic E-state index is 0.209. The Morgan fingerprint density at radius 3 is 2.60 bits per heavy atom. The average molecular weight is 344 g/mol. The molecule has 1 saturated carbocycles. The maximum Gasteiger partial charge on any atom is 0.240 e. The van der Waals surface area contributed by atoms with Crippen molar-refractivity contribution in [1.29, 1.82) is 0 Å². The third kappa shape index (κ3) is 4.17. The van der Waals surface area contributed by atoms with Crippen LogP contribution in [0.25, 0.3) is 0 Å². The largest absolute Gasteiger partial charge is 0.494 e. The molecule has 1 heterocycles. The van der Waals surface area contributed by atoms with Gasteiger partial charge >= 0.3 is 0 Å². The predicted molar refractivity (Wildman–Crippen MR) is 101 cm³/mol. The second-order valence-electron chi connectivity index (χ2n) is 7.33. The van der Waals surface area contributed by atoms with E-state index in [0.717, 1.165) is 51.1 Å². The summed E-state index contributed by atoms with van der Waals surface area (Å²) in [6.07, 6.45) is 8.81. The number of benzene rings is 1. The third-order valence-electron chi connectivity index (χ3n) is 5.75. The fourth-order valence-electron chi connectivity index (χ4n) is 4.44. The Morgan fingerprint density at radius 2 is 1.88 bits per heavy atom. The topological polar surface area (TPSA) is 41.6 Å². The van der Waals surface area contributed by atoms with Crippen LogP contribution in [0.5, 0.6) is 5.75 Å². The van der Waals surface area contributed by atoms with Crippen molar-refractivity contribution in [3.8, 4) is 5.75 Å². The van der Waals surface area contributed by atoms with Gasteiger partial charge in [0.05, 0.1) is 6.61 Å². The molecule has 4 nitrogen and oxygen atoms in total. The van der Waals surface area contributed by atoms with Crippen LogP contribution in [0.4, 0.5) is 0 Å². The van der Waals surface area contributed by atoms with Gasteiger partial charge in [0.25, 0.3) is 0 Å². The summed E-state index contributed by atoms with van der Waals surface area (Å²) in [5, 5.41) is 3.24. The Hall–Kier alpha value is -1.55. The highest BCUT2D eigenvalue weighted by Gasteiger charge is 2.46. The summed E-state index contributed by atoms with van der Waals surface area (Å²) in [5.41, 5.74) is 1.02. The van der Waals surface area contributed by atoms with Gasteiger partial charge in [0.15, 0.2) is 0 Å². The number of likely N-dealkylation sites (tertiary alicyclic amines) is 1. The first-order valence-corrected chi connectivity index (χ1v) is 10.0. The molecule has 0 unspecified atom stereocenters. The van der Waals surface area contributed by atoms with Gasteiger partial charge in [-0.1, -0.05) is 31.0 Å². The van der Waals surface area contributed by atoms with Crippen molar-refractivity contribution in [2.24, 2.45) is 0 Å². The van der Waals surface area contributed by atoms with Crippen molar-refractivity contribution in [3.63, 3.8) is 0 Å². The zero-order valence-electron chi connectivity index (χ0n) is 15.6. The Kier molecular flexibility index (Phi) is 6.35. The summed E-state index contributed by atoms with van der Waals surface area (Å²) in [6.45, 7) is 5.63. The minimum atomic E-state index is -0.209. The van der Waals surface area contributed by atoms with E-state index in [0.29, 0.717) is 6.61 Å². The summed E-state index contributed by atoms with van der Waals surface area (Å²) in [7, 11) is 0. The van der Waals surface area contributed by atoms with Crippen molar-refractivity contribution in [2.75, 3.05) is 26.2 Å². The van der Waals surface area contributed by atoms with Crippen LogP contribution in [0, 0.1) is 0 Å². The maximum atomic E-state index is 13.0. The van der Waals surface area contributed by atoms with Crippen molar-refractivity contribution >= 4 is 5.91 Å². The fourth-order valence-corrected chi connectivity index (χ4v) is 4.44. The lowest BCUT2D eigenvalue weighted by Gasteiger charge is -2.37. The van der Waals surface area contributed by atoms with E-state index >= 15 is 0 Å². The molecule has 1 aliphatic carbocycles. The van der Waals surface area contributed by atoms with Crippen LogP contribution in [-0.2, 0) is 11.2 Å². The lowest BCUT2D eigenvalue weighted by molar-refractivity contribution is -0.132. The molecule has 138 valence electrons. The predicted octanol–water partition coefficient (Wildman–Crippen LogP) is 3.54. The molecule has 2 fully saturated rings. The summed E-state index contributed by atoms with van der Waals surface area (Å²) in [5.74, 6) is 1.24. The standard InChI is InChI=1S/C21H32N2O2/c1-2-25-19-12-4-3-10-18(19)11-9-15-22-20(24)21(13-5-6-14-21)23-16-7-8-17-23/h3-4,10,12H,2,5-9,11,13-17H2,1H3,(H,22,24). The van der Waals surface area contributed by atoms with E-state index in [9.17, 15) is 4.79 Å². The molecule has 0 spiro atoms. The Balaban J connectivity index is 1.50. The van der Waals surface area contributed by atoms with E-state index in [1.54, 1.807) is 0 Å². The van der Waals surface area contributed by atoms with Gasteiger partial charge < -0.3 is 10.1 Å². The zero-order chi connectivity index (χ0) is 17.5. The van der Waals surface area contributed by atoms with Gasteiger partial charge in [0.1, 0.15) is 11.3 Å². The third-order valence-corrected chi connectivity index (χ3v) is 5.75. The van der Waals surface area contributed by atoms with E-state index in [2.05, 4.69) is 22.3 Å². The second-order valence-corrected chi connectivity index (χ2v) is 7.33. The van der Waals surface area contributed by atoms with Crippen LogP contribution >= 0.6 is 0 Å². The molecule has 1 N–H and O–H groups in total. The van der Waals surface area contributed by atoms with E-state index < -0.39 is 0 Å². The van der Waals surface area contributed by atoms with Crippen molar-refractivity contribution < 1.29 is 9.53 Å². The molecule has 1 aliphatic heterocycles. The number of hydrogen-bond donors (Lipinski definition) is 1. The Bertz CT molecular complexity index is 561. The highest BCUT2D eigenvalue weighted by Crippen LogP contribution is 2.37. The molecule has 0 atom stereocenters. The molecule has 4 heteroatoms. The van der Waals surface area contributed by atoms with E-state index in [-0.39, 0.29) is 11.4 Å². The lowest BCUT2D eigenvalue weighted by Crippen LogP contribution is -2.56. The highest BCUT2D eigenvalue weighted by molar-refractivity contribution is 5.86. The van der Waals surface area contributed by atoms with Gasteiger partial charge in [0, 0.05) is 6.54 Å². The monoisotopic (exact) mass is 344 g/mol. The normalized spacial score (nSPS) is 19.9. The van der Waals surface area contributed by atoms with Crippen LogP contribution in [0.15, 0.2) is 24.3 Å². The number of hydrogen-bond acceptors (Lipinski definition) is 3. The minimum Gasteiger partial charge on any atom is -0.494 e. The van der Waals surface area contributed by atoms with E-state index in [1.807, 2.05) is 19.1 Å². The van der Waals surface area contributed by atoms with Crippen LogP contribution < -0.4 is 10.1 Å². The molecule has 25 heavy (non-hydrogen) atoms. The average Bonchev–Trinajstić information content (AvgIpc) is 3.32. The molecular formula is C21H32N2O2. The number of amides is 1. The summed E-state index contributed by atoms with van der Waals surface area (Å²) < 4.78 is 5.69. The first-order valence-electron chi connectivity index (χ1n) is 10.0. The number of aryl methyl sites for hydroxylation is 1. The lowest BCUT2D eigenvalue weighted by atomic mass is 9.94. The van der Waals surface area contributed by atoms with Crippen LogP contribution in [0.3, 0.4) is 0 Å². The summed E-state index contributed by atoms with van der Waals surface area (Å²) in [4.78, 5) is 15.4. The quantitative estimate of drug-likeness (QED) is 0.734. The Labute approximate surface area is 151 Å². The molecule has 1 aromatic carbocycles. The van der Waals surface area contributed by atoms with Crippen LogP contribution in [-0.4, -0.2) is 42.6 Å². The molecule has 1 aromatic rings. The van der Waals surface area contributed by atoms with Crippen LogP contribution in [0.2, 0.25) is 0 Å². The molecule has 0 radical (unpaired) electrons. The van der Waals surface area contributed by atoms with Gasteiger partial charge in [-0.05, 0) is 70.2 Å². The molecule has 1 amide bonds. The van der Waals surface area contributed by atoms with Gasteiger partial charge in [-0.25, -0.2) is 0 Å². The SMILES string of the molecule is CCOc1ccccc1CCCNC(=O)C1(N2CCCC2)CCCC1. The molecule has 2 aliphatic rings. The zero-order valence-corrected chi connectivity index (χ0v) is 15.6.